The van der Waals surface area contributed by atoms with Gasteiger partial charge in [0, 0.05) is 31.7 Å². The molecule has 1 rings (SSSR count). The summed E-state index contributed by atoms with van der Waals surface area (Å²) in [4.78, 5) is 10.8. The molecule has 5 nitrogen and oxygen atoms in total. The first kappa shape index (κ1) is 11.9. The summed E-state index contributed by atoms with van der Waals surface area (Å²) in [5, 5.41) is 16.7. The molecule has 0 spiro atoms. The standard InChI is InChI=1S/C10H19N3O2/c1-12(2)11-8-9-6-4-3-5-7-10(9)13(14)15/h8-10H,3-7H2,1-2H3/b11-8+. The van der Waals surface area contributed by atoms with Crippen molar-refractivity contribution in [1.82, 2.24) is 5.01 Å². The van der Waals surface area contributed by atoms with Gasteiger partial charge in [-0.2, -0.15) is 5.10 Å². The lowest BCUT2D eigenvalue weighted by atomic mass is 9.97. The summed E-state index contributed by atoms with van der Waals surface area (Å²) >= 11 is 0. The first-order valence-electron chi connectivity index (χ1n) is 5.46. The van der Waals surface area contributed by atoms with E-state index in [9.17, 15) is 10.1 Å². The molecule has 1 fully saturated rings. The fraction of sp³-hybridized carbons (Fsp3) is 0.900. The van der Waals surface area contributed by atoms with Crippen molar-refractivity contribution in [3.8, 4) is 0 Å². The van der Waals surface area contributed by atoms with Gasteiger partial charge in [-0.25, -0.2) is 0 Å². The van der Waals surface area contributed by atoms with Crippen molar-refractivity contribution in [3.63, 3.8) is 0 Å². The second kappa shape index (κ2) is 5.68. The molecule has 1 aliphatic rings. The highest BCUT2D eigenvalue weighted by Gasteiger charge is 2.31. The number of nitro groups is 1. The van der Waals surface area contributed by atoms with Crippen LogP contribution in [0.25, 0.3) is 0 Å². The third kappa shape index (κ3) is 3.85. The molecule has 1 saturated carbocycles. The first-order valence-corrected chi connectivity index (χ1v) is 5.46. The lowest BCUT2D eigenvalue weighted by Crippen LogP contribution is -2.29. The maximum atomic E-state index is 10.9. The predicted octanol–water partition coefficient (Wildman–Crippen LogP) is 1.76. The van der Waals surface area contributed by atoms with Crippen LogP contribution in [0, 0.1) is 16.0 Å². The van der Waals surface area contributed by atoms with E-state index < -0.39 is 6.04 Å². The van der Waals surface area contributed by atoms with E-state index in [0.717, 1.165) is 25.7 Å². The molecule has 5 heteroatoms. The Morgan fingerprint density at radius 1 is 1.33 bits per heavy atom. The van der Waals surface area contributed by atoms with E-state index in [0.29, 0.717) is 6.42 Å². The lowest BCUT2D eigenvalue weighted by molar-refractivity contribution is -0.529. The molecule has 86 valence electrons. The van der Waals surface area contributed by atoms with Crippen LogP contribution in [-0.4, -0.2) is 36.3 Å². The molecule has 2 unspecified atom stereocenters. The van der Waals surface area contributed by atoms with Gasteiger partial charge in [-0.15, -0.1) is 0 Å². The summed E-state index contributed by atoms with van der Waals surface area (Å²) in [5.41, 5.74) is 0. The van der Waals surface area contributed by atoms with E-state index in [1.54, 1.807) is 11.2 Å². The van der Waals surface area contributed by atoms with Crippen molar-refractivity contribution in [2.75, 3.05) is 14.1 Å². The Bertz CT molecular complexity index is 241. The summed E-state index contributed by atoms with van der Waals surface area (Å²) in [6, 6.07) is -0.434. The van der Waals surface area contributed by atoms with Gasteiger partial charge in [0.05, 0.1) is 5.92 Å². The molecule has 15 heavy (non-hydrogen) atoms. The average molecular weight is 213 g/mol. The highest BCUT2D eigenvalue weighted by atomic mass is 16.6. The summed E-state index contributed by atoms with van der Waals surface area (Å²) < 4.78 is 0. The Hall–Kier alpha value is -1.13. The highest BCUT2D eigenvalue weighted by molar-refractivity contribution is 5.61. The zero-order valence-corrected chi connectivity index (χ0v) is 9.43. The smallest absolute Gasteiger partial charge is 0.220 e. The normalized spacial score (nSPS) is 27.6. The maximum absolute atomic E-state index is 10.9. The van der Waals surface area contributed by atoms with Crippen LogP contribution in [-0.2, 0) is 0 Å². The molecule has 0 saturated heterocycles. The largest absolute Gasteiger partial charge is 0.303 e. The fourth-order valence-corrected chi connectivity index (χ4v) is 1.97. The maximum Gasteiger partial charge on any atom is 0.220 e. The monoisotopic (exact) mass is 213 g/mol. The van der Waals surface area contributed by atoms with Crippen LogP contribution in [0.15, 0.2) is 5.10 Å². The molecule has 2 atom stereocenters. The molecular formula is C10H19N3O2. The van der Waals surface area contributed by atoms with Crippen LogP contribution in [0.4, 0.5) is 0 Å². The van der Waals surface area contributed by atoms with Crippen molar-refractivity contribution in [3.05, 3.63) is 10.1 Å². The zero-order valence-electron chi connectivity index (χ0n) is 9.43. The van der Waals surface area contributed by atoms with E-state index in [1.807, 2.05) is 14.1 Å². The molecule has 1 aliphatic carbocycles. The molecule has 0 bridgehead atoms. The fourth-order valence-electron chi connectivity index (χ4n) is 1.97. The SMILES string of the molecule is CN(C)/N=C/C1CCCCCC1[N+](=O)[O-]. The number of hydrazone groups is 1. The molecular weight excluding hydrogens is 194 g/mol. The number of rotatable bonds is 3. The van der Waals surface area contributed by atoms with Crippen LogP contribution in [0.3, 0.4) is 0 Å². The van der Waals surface area contributed by atoms with Crippen molar-refractivity contribution in [2.24, 2.45) is 11.0 Å². The third-order valence-corrected chi connectivity index (χ3v) is 2.79. The van der Waals surface area contributed by atoms with Crippen LogP contribution in [0.2, 0.25) is 0 Å². The Morgan fingerprint density at radius 2 is 2.00 bits per heavy atom. The van der Waals surface area contributed by atoms with Crippen molar-refractivity contribution >= 4 is 6.21 Å². The minimum Gasteiger partial charge on any atom is -0.303 e. The van der Waals surface area contributed by atoms with Gasteiger partial charge in [0.25, 0.3) is 0 Å². The lowest BCUT2D eigenvalue weighted by Gasteiger charge is -2.14. The number of hydrogen-bond acceptors (Lipinski definition) is 4. The molecule has 0 aliphatic heterocycles. The van der Waals surface area contributed by atoms with Crippen LogP contribution >= 0.6 is 0 Å². The Balaban J connectivity index is 2.66. The molecule has 0 N–H and O–H groups in total. The quantitative estimate of drug-likeness (QED) is 0.310. The summed E-state index contributed by atoms with van der Waals surface area (Å²) in [7, 11) is 3.66. The molecule has 0 aromatic heterocycles. The highest BCUT2D eigenvalue weighted by Crippen LogP contribution is 2.24. The van der Waals surface area contributed by atoms with Gasteiger partial charge in [0.2, 0.25) is 6.04 Å². The topological polar surface area (TPSA) is 58.7 Å². The van der Waals surface area contributed by atoms with Gasteiger partial charge in [-0.05, 0) is 12.8 Å². The minimum absolute atomic E-state index is 0.00454. The van der Waals surface area contributed by atoms with E-state index >= 15 is 0 Å². The summed E-state index contributed by atoms with van der Waals surface area (Å²) in [6.07, 6.45) is 6.49. The van der Waals surface area contributed by atoms with E-state index in [1.165, 1.54) is 0 Å². The third-order valence-electron chi connectivity index (χ3n) is 2.79. The van der Waals surface area contributed by atoms with Gasteiger partial charge in [0.1, 0.15) is 0 Å². The van der Waals surface area contributed by atoms with Crippen LogP contribution in [0.5, 0.6) is 0 Å². The van der Waals surface area contributed by atoms with Crippen LogP contribution in [0.1, 0.15) is 32.1 Å². The van der Waals surface area contributed by atoms with Crippen molar-refractivity contribution < 1.29 is 4.92 Å². The minimum atomic E-state index is -0.434. The van der Waals surface area contributed by atoms with Crippen molar-refractivity contribution in [1.29, 1.82) is 0 Å². The molecule has 0 radical (unpaired) electrons. The van der Waals surface area contributed by atoms with Gasteiger partial charge in [-0.3, -0.25) is 10.1 Å². The molecule has 0 amide bonds. The molecule has 0 aromatic carbocycles. The molecule has 0 heterocycles. The Kier molecular flexibility index (Phi) is 4.52. The summed E-state index contributed by atoms with van der Waals surface area (Å²) in [5.74, 6) is 0.00454. The second-order valence-electron chi connectivity index (χ2n) is 4.27. The van der Waals surface area contributed by atoms with E-state index in [4.69, 9.17) is 0 Å². The van der Waals surface area contributed by atoms with E-state index in [2.05, 4.69) is 5.10 Å². The van der Waals surface area contributed by atoms with Gasteiger partial charge in [0.15, 0.2) is 0 Å². The zero-order chi connectivity index (χ0) is 11.3. The second-order valence-corrected chi connectivity index (χ2v) is 4.27. The van der Waals surface area contributed by atoms with Crippen LogP contribution < -0.4 is 0 Å². The van der Waals surface area contributed by atoms with Crippen molar-refractivity contribution in [2.45, 2.75) is 38.1 Å². The number of hydrogen-bond donors (Lipinski definition) is 0. The van der Waals surface area contributed by atoms with Gasteiger partial charge < -0.3 is 5.01 Å². The van der Waals surface area contributed by atoms with E-state index in [-0.39, 0.29) is 10.8 Å². The first-order chi connectivity index (χ1) is 7.11. The molecule has 0 aromatic rings. The Morgan fingerprint density at radius 3 is 2.60 bits per heavy atom. The Labute approximate surface area is 90.3 Å². The number of nitrogens with zero attached hydrogens (tertiary/aromatic N) is 3. The predicted molar refractivity (Wildman–Crippen MR) is 59.5 cm³/mol. The summed E-state index contributed by atoms with van der Waals surface area (Å²) in [6.45, 7) is 0. The van der Waals surface area contributed by atoms with Gasteiger partial charge >= 0.3 is 0 Å². The van der Waals surface area contributed by atoms with Gasteiger partial charge in [-0.1, -0.05) is 12.8 Å². The average Bonchev–Trinajstić information content (AvgIpc) is 2.39.